The average molecular weight is 261 g/mol. The van der Waals surface area contributed by atoms with Gasteiger partial charge in [0.05, 0.1) is 6.54 Å². The van der Waals surface area contributed by atoms with Crippen molar-refractivity contribution in [2.45, 2.75) is 32.2 Å². The Labute approximate surface area is 104 Å². The summed E-state index contributed by atoms with van der Waals surface area (Å²) < 4.78 is 25.0. The Bertz CT molecular complexity index is 352. The van der Waals surface area contributed by atoms with E-state index in [1.165, 1.54) is 30.6 Å². The zero-order valence-electron chi connectivity index (χ0n) is 9.61. The Morgan fingerprint density at radius 1 is 1.53 bits per heavy atom. The van der Waals surface area contributed by atoms with Gasteiger partial charge in [0.2, 0.25) is 0 Å². The van der Waals surface area contributed by atoms with Crippen LogP contribution in [0.15, 0.2) is 6.20 Å². The van der Waals surface area contributed by atoms with Crippen LogP contribution in [0.1, 0.15) is 24.1 Å². The molecule has 0 amide bonds. The van der Waals surface area contributed by atoms with Crippen LogP contribution in [-0.4, -0.2) is 29.4 Å². The highest BCUT2D eigenvalue weighted by molar-refractivity contribution is 7.15. The van der Waals surface area contributed by atoms with E-state index in [0.717, 1.165) is 11.4 Å². The van der Waals surface area contributed by atoms with Crippen molar-refractivity contribution in [2.24, 2.45) is 5.92 Å². The summed E-state index contributed by atoms with van der Waals surface area (Å²) in [4.78, 5) is 6.73. The highest BCUT2D eigenvalue weighted by atomic mass is 32.1. The number of hydrogen-bond donors (Lipinski definition) is 1. The van der Waals surface area contributed by atoms with Crippen molar-refractivity contribution in [2.75, 3.05) is 18.8 Å². The lowest BCUT2D eigenvalue weighted by Crippen LogP contribution is -2.35. The quantitative estimate of drug-likeness (QED) is 0.856. The summed E-state index contributed by atoms with van der Waals surface area (Å²) in [5, 5.41) is 0.501. The van der Waals surface area contributed by atoms with Crippen molar-refractivity contribution in [3.63, 3.8) is 0 Å². The molecule has 0 spiro atoms. The maximum Gasteiger partial charge on any atom is 0.251 e. The van der Waals surface area contributed by atoms with Gasteiger partial charge in [-0.15, -0.1) is 11.3 Å². The third-order valence-electron chi connectivity index (χ3n) is 3.09. The summed E-state index contributed by atoms with van der Waals surface area (Å²) in [5.41, 5.74) is 5.53. The Balaban J connectivity index is 1.89. The molecule has 0 bridgehead atoms. The van der Waals surface area contributed by atoms with Gasteiger partial charge < -0.3 is 5.73 Å². The van der Waals surface area contributed by atoms with E-state index in [1.807, 2.05) is 4.90 Å². The van der Waals surface area contributed by atoms with Gasteiger partial charge >= 0.3 is 0 Å². The first-order chi connectivity index (χ1) is 8.13. The van der Waals surface area contributed by atoms with Crippen LogP contribution in [0.2, 0.25) is 0 Å². The van der Waals surface area contributed by atoms with Crippen molar-refractivity contribution in [3.05, 3.63) is 11.1 Å². The fourth-order valence-corrected chi connectivity index (χ4v) is 2.78. The highest BCUT2D eigenvalue weighted by Crippen LogP contribution is 2.28. The Morgan fingerprint density at radius 3 is 2.76 bits per heavy atom. The molecule has 1 aliphatic rings. The summed E-state index contributed by atoms with van der Waals surface area (Å²) >= 11 is 1.38. The number of nitrogen functional groups attached to an aromatic ring is 1. The number of alkyl halides is 2. The van der Waals surface area contributed by atoms with E-state index < -0.39 is 6.43 Å². The largest absolute Gasteiger partial charge is 0.375 e. The molecule has 0 aromatic carbocycles. The molecule has 0 saturated heterocycles. The lowest BCUT2D eigenvalue weighted by Gasteiger charge is -2.31. The summed E-state index contributed by atoms with van der Waals surface area (Å²) in [6.07, 6.45) is 2.98. The zero-order chi connectivity index (χ0) is 12.3. The van der Waals surface area contributed by atoms with Gasteiger partial charge in [0.15, 0.2) is 5.13 Å². The molecule has 1 saturated carbocycles. The van der Waals surface area contributed by atoms with E-state index in [-0.39, 0.29) is 6.54 Å². The van der Waals surface area contributed by atoms with Crippen molar-refractivity contribution < 1.29 is 8.78 Å². The molecule has 1 fully saturated rings. The highest BCUT2D eigenvalue weighted by Gasteiger charge is 2.22. The molecule has 2 N–H and O–H groups in total. The summed E-state index contributed by atoms with van der Waals surface area (Å²) in [7, 11) is 0. The second kappa shape index (κ2) is 5.73. The predicted molar refractivity (Wildman–Crippen MR) is 65.1 cm³/mol. The van der Waals surface area contributed by atoms with Gasteiger partial charge in [0.1, 0.15) is 0 Å². The monoisotopic (exact) mass is 261 g/mol. The van der Waals surface area contributed by atoms with E-state index in [2.05, 4.69) is 4.98 Å². The van der Waals surface area contributed by atoms with Crippen LogP contribution in [0.25, 0.3) is 0 Å². The third-order valence-corrected chi connectivity index (χ3v) is 3.90. The first-order valence-corrected chi connectivity index (χ1v) is 6.66. The van der Waals surface area contributed by atoms with E-state index in [1.54, 1.807) is 6.20 Å². The number of halogens is 2. The first kappa shape index (κ1) is 12.7. The lowest BCUT2D eigenvalue weighted by atomic mass is 9.85. The number of nitrogens with zero attached hydrogens (tertiary/aromatic N) is 2. The molecule has 96 valence electrons. The van der Waals surface area contributed by atoms with E-state index in [4.69, 9.17) is 5.73 Å². The molecule has 1 aliphatic carbocycles. The number of rotatable bonds is 6. The second-order valence-electron chi connectivity index (χ2n) is 4.55. The molecule has 0 unspecified atom stereocenters. The van der Waals surface area contributed by atoms with Gasteiger partial charge in [-0.2, -0.15) is 0 Å². The SMILES string of the molecule is Nc1ncc(CN(CC(F)F)CC2CCC2)s1. The van der Waals surface area contributed by atoms with E-state index >= 15 is 0 Å². The molecule has 2 rings (SSSR count). The molecule has 0 radical (unpaired) electrons. The van der Waals surface area contributed by atoms with Gasteiger partial charge in [-0.3, -0.25) is 4.90 Å². The first-order valence-electron chi connectivity index (χ1n) is 5.84. The standard InChI is InChI=1S/C11H17F2N3S/c12-10(13)7-16(5-8-2-1-3-8)6-9-4-15-11(14)17-9/h4,8,10H,1-3,5-7H2,(H2,14,15). The van der Waals surface area contributed by atoms with Gasteiger partial charge in [-0.1, -0.05) is 6.42 Å². The second-order valence-corrected chi connectivity index (χ2v) is 5.69. The third kappa shape index (κ3) is 3.89. The summed E-state index contributed by atoms with van der Waals surface area (Å²) in [6, 6.07) is 0. The minimum atomic E-state index is -2.28. The number of anilines is 1. The van der Waals surface area contributed by atoms with Gasteiger partial charge in [0, 0.05) is 24.2 Å². The van der Waals surface area contributed by atoms with Crippen molar-refractivity contribution in [1.29, 1.82) is 0 Å². The van der Waals surface area contributed by atoms with Crippen molar-refractivity contribution in [3.8, 4) is 0 Å². The van der Waals surface area contributed by atoms with Crippen LogP contribution in [-0.2, 0) is 6.54 Å². The fourth-order valence-electron chi connectivity index (χ4n) is 2.06. The maximum absolute atomic E-state index is 12.5. The zero-order valence-corrected chi connectivity index (χ0v) is 10.4. The number of hydrogen-bond acceptors (Lipinski definition) is 4. The molecule has 0 aliphatic heterocycles. The smallest absolute Gasteiger partial charge is 0.251 e. The minimum absolute atomic E-state index is 0.158. The molecule has 6 heteroatoms. The summed E-state index contributed by atoms with van der Waals surface area (Å²) in [5.74, 6) is 0.596. The Kier molecular flexibility index (Phi) is 4.28. The minimum Gasteiger partial charge on any atom is -0.375 e. The van der Waals surface area contributed by atoms with Gasteiger partial charge in [0.25, 0.3) is 6.43 Å². The number of nitrogens with two attached hydrogens (primary N) is 1. The normalized spacial score (nSPS) is 16.7. The topological polar surface area (TPSA) is 42.1 Å². The molecule has 17 heavy (non-hydrogen) atoms. The number of thiazole rings is 1. The Hall–Kier alpha value is -0.750. The van der Waals surface area contributed by atoms with E-state index in [0.29, 0.717) is 17.6 Å². The van der Waals surface area contributed by atoms with Gasteiger partial charge in [-0.25, -0.2) is 13.8 Å². The van der Waals surface area contributed by atoms with Crippen LogP contribution in [0.3, 0.4) is 0 Å². The molecule has 1 aromatic rings. The molecular weight excluding hydrogens is 244 g/mol. The van der Waals surface area contributed by atoms with E-state index in [9.17, 15) is 8.78 Å². The fraction of sp³-hybridized carbons (Fsp3) is 0.727. The van der Waals surface area contributed by atoms with Gasteiger partial charge in [-0.05, 0) is 18.8 Å². The predicted octanol–water partition coefficient (Wildman–Crippen LogP) is 2.59. The van der Waals surface area contributed by atoms with Crippen LogP contribution >= 0.6 is 11.3 Å². The van der Waals surface area contributed by atoms with Crippen LogP contribution in [0, 0.1) is 5.92 Å². The van der Waals surface area contributed by atoms with Crippen LogP contribution < -0.4 is 5.73 Å². The molecule has 1 heterocycles. The van der Waals surface area contributed by atoms with Crippen LogP contribution in [0.4, 0.5) is 13.9 Å². The Morgan fingerprint density at radius 2 is 2.29 bits per heavy atom. The number of aromatic nitrogens is 1. The average Bonchev–Trinajstić information content (AvgIpc) is 2.56. The lowest BCUT2D eigenvalue weighted by molar-refractivity contribution is 0.0671. The molecule has 3 nitrogen and oxygen atoms in total. The summed E-state index contributed by atoms with van der Waals surface area (Å²) in [6.45, 7) is 1.14. The molecule has 1 aromatic heterocycles. The molecular formula is C11H17F2N3S. The van der Waals surface area contributed by atoms with Crippen LogP contribution in [0.5, 0.6) is 0 Å². The van der Waals surface area contributed by atoms with Crippen molar-refractivity contribution in [1.82, 2.24) is 9.88 Å². The molecule has 0 atom stereocenters. The van der Waals surface area contributed by atoms with Crippen molar-refractivity contribution >= 4 is 16.5 Å². The maximum atomic E-state index is 12.5.